The fraction of sp³-hybridized carbons (Fsp3) is 1.00. The molecule has 1 rings (SSSR count). The predicted molar refractivity (Wildman–Crippen MR) is 71.8 cm³/mol. The second kappa shape index (κ2) is 7.29. The number of rotatable bonds is 6. The Morgan fingerprint density at radius 3 is 2.62 bits per heavy atom. The van der Waals surface area contributed by atoms with Crippen molar-refractivity contribution >= 4 is 0 Å². The molecule has 1 aliphatic rings. The van der Waals surface area contributed by atoms with E-state index in [2.05, 4.69) is 37.9 Å². The second-order valence-electron chi connectivity index (χ2n) is 6.06. The van der Waals surface area contributed by atoms with E-state index in [1.54, 1.807) is 0 Å². The minimum absolute atomic E-state index is 0.635. The fourth-order valence-electron chi connectivity index (χ4n) is 2.65. The first kappa shape index (κ1) is 14.0. The number of piperidine rings is 1. The minimum Gasteiger partial charge on any atom is -0.315 e. The highest BCUT2D eigenvalue weighted by Gasteiger charge is 2.19. The molecule has 96 valence electrons. The molecule has 2 nitrogen and oxygen atoms in total. The molecule has 1 atom stereocenters. The molecule has 0 aromatic carbocycles. The van der Waals surface area contributed by atoms with E-state index in [-0.39, 0.29) is 0 Å². The highest BCUT2D eigenvalue weighted by Crippen LogP contribution is 2.19. The van der Waals surface area contributed by atoms with Gasteiger partial charge in [0, 0.05) is 19.1 Å². The van der Waals surface area contributed by atoms with E-state index in [1.165, 1.54) is 45.4 Å². The number of nitrogens with zero attached hydrogens (tertiary/aromatic N) is 1. The molecular formula is C14H30N2. The summed E-state index contributed by atoms with van der Waals surface area (Å²) >= 11 is 0. The largest absolute Gasteiger partial charge is 0.315 e. The first-order chi connectivity index (χ1) is 7.58. The zero-order chi connectivity index (χ0) is 12.0. The maximum Gasteiger partial charge on any atom is 0.00103 e. The molecule has 0 aromatic heterocycles. The molecule has 0 aliphatic carbocycles. The van der Waals surface area contributed by atoms with E-state index in [1.807, 2.05) is 0 Å². The summed E-state index contributed by atoms with van der Waals surface area (Å²) in [7, 11) is 0. The molecule has 1 aliphatic heterocycles. The summed E-state index contributed by atoms with van der Waals surface area (Å²) in [5, 5.41) is 3.53. The van der Waals surface area contributed by atoms with Crippen LogP contribution in [-0.4, -0.2) is 37.1 Å². The van der Waals surface area contributed by atoms with Crippen LogP contribution in [0.15, 0.2) is 0 Å². The van der Waals surface area contributed by atoms with Crippen LogP contribution in [0.4, 0.5) is 0 Å². The van der Waals surface area contributed by atoms with E-state index in [4.69, 9.17) is 0 Å². The van der Waals surface area contributed by atoms with Crippen LogP contribution >= 0.6 is 0 Å². The Morgan fingerprint density at radius 1 is 1.25 bits per heavy atom. The molecule has 2 heteroatoms. The van der Waals surface area contributed by atoms with Crippen LogP contribution < -0.4 is 5.32 Å². The van der Waals surface area contributed by atoms with Crippen LogP contribution in [0.1, 0.15) is 47.0 Å². The summed E-state index contributed by atoms with van der Waals surface area (Å²) in [6, 6.07) is 0.635. The lowest BCUT2D eigenvalue weighted by Gasteiger charge is -2.34. The lowest BCUT2D eigenvalue weighted by atomic mass is 9.94. The Kier molecular flexibility index (Phi) is 6.37. The van der Waals surface area contributed by atoms with Crippen molar-refractivity contribution in [3.05, 3.63) is 0 Å². The van der Waals surface area contributed by atoms with Crippen molar-refractivity contribution in [1.82, 2.24) is 10.2 Å². The molecule has 1 N–H and O–H groups in total. The van der Waals surface area contributed by atoms with Gasteiger partial charge in [-0.25, -0.2) is 0 Å². The summed E-state index contributed by atoms with van der Waals surface area (Å²) in [4.78, 5) is 2.66. The molecule has 0 radical (unpaired) electrons. The second-order valence-corrected chi connectivity index (χ2v) is 6.06. The van der Waals surface area contributed by atoms with Crippen molar-refractivity contribution < 1.29 is 0 Å². The van der Waals surface area contributed by atoms with Crippen molar-refractivity contribution in [3.8, 4) is 0 Å². The van der Waals surface area contributed by atoms with E-state index in [9.17, 15) is 0 Å². The quantitative estimate of drug-likeness (QED) is 0.749. The summed E-state index contributed by atoms with van der Waals surface area (Å²) in [6.07, 6.45) is 4.19. The first-order valence-corrected chi connectivity index (χ1v) is 7.03. The topological polar surface area (TPSA) is 15.3 Å². The highest BCUT2D eigenvalue weighted by atomic mass is 15.1. The zero-order valence-corrected chi connectivity index (χ0v) is 11.6. The monoisotopic (exact) mass is 226 g/mol. The predicted octanol–water partition coefficient (Wildman–Crippen LogP) is 2.74. The first-order valence-electron chi connectivity index (χ1n) is 7.03. The van der Waals surface area contributed by atoms with E-state index in [0.29, 0.717) is 6.04 Å². The van der Waals surface area contributed by atoms with E-state index in [0.717, 1.165) is 11.8 Å². The third kappa shape index (κ3) is 5.86. The lowest BCUT2D eigenvalue weighted by Crippen LogP contribution is -2.39. The molecule has 0 saturated carbocycles. The van der Waals surface area contributed by atoms with Crippen molar-refractivity contribution in [2.45, 2.75) is 53.0 Å². The van der Waals surface area contributed by atoms with Crippen molar-refractivity contribution in [2.75, 3.05) is 26.2 Å². The summed E-state index contributed by atoms with van der Waals surface area (Å²) < 4.78 is 0. The van der Waals surface area contributed by atoms with Crippen LogP contribution in [0.25, 0.3) is 0 Å². The molecule has 1 fully saturated rings. The Morgan fingerprint density at radius 2 is 2.00 bits per heavy atom. The molecule has 1 saturated heterocycles. The normalized spacial score (nSPS) is 23.2. The van der Waals surface area contributed by atoms with Crippen molar-refractivity contribution in [1.29, 1.82) is 0 Å². The van der Waals surface area contributed by atoms with Crippen molar-refractivity contribution in [3.63, 3.8) is 0 Å². The number of nitrogens with one attached hydrogen (secondary N) is 1. The third-order valence-corrected chi connectivity index (χ3v) is 3.33. The number of hydrogen-bond donors (Lipinski definition) is 1. The van der Waals surface area contributed by atoms with Gasteiger partial charge in [0.2, 0.25) is 0 Å². The summed E-state index contributed by atoms with van der Waals surface area (Å²) in [5.41, 5.74) is 0. The highest BCUT2D eigenvalue weighted by molar-refractivity contribution is 4.74. The molecule has 16 heavy (non-hydrogen) atoms. The number of likely N-dealkylation sites (tertiary alicyclic amines) is 1. The van der Waals surface area contributed by atoms with Gasteiger partial charge in [-0.2, -0.15) is 0 Å². The van der Waals surface area contributed by atoms with Gasteiger partial charge in [-0.3, -0.25) is 0 Å². The van der Waals surface area contributed by atoms with Gasteiger partial charge in [-0.05, 0) is 44.2 Å². The number of hydrogen-bond acceptors (Lipinski definition) is 2. The van der Waals surface area contributed by atoms with E-state index >= 15 is 0 Å². The van der Waals surface area contributed by atoms with Crippen LogP contribution in [-0.2, 0) is 0 Å². The Balaban J connectivity index is 2.17. The van der Waals surface area contributed by atoms with Gasteiger partial charge in [0.25, 0.3) is 0 Å². The standard InChI is InChI=1S/C14H30N2/c1-12(2)10-16-9-5-6-14(11-16)7-8-15-13(3)4/h12-15H,5-11H2,1-4H3/t14-/m0/s1. The lowest BCUT2D eigenvalue weighted by molar-refractivity contribution is 0.153. The molecule has 0 bridgehead atoms. The molecule has 0 amide bonds. The summed E-state index contributed by atoms with van der Waals surface area (Å²) in [5.74, 6) is 1.74. The molecule has 0 aromatic rings. The van der Waals surface area contributed by atoms with Gasteiger partial charge in [-0.1, -0.05) is 27.7 Å². The van der Waals surface area contributed by atoms with Crippen LogP contribution in [0, 0.1) is 11.8 Å². The molecule has 0 spiro atoms. The molecule has 1 heterocycles. The van der Waals surface area contributed by atoms with Gasteiger partial charge in [0.15, 0.2) is 0 Å². The summed E-state index contributed by atoms with van der Waals surface area (Å²) in [6.45, 7) is 14.2. The van der Waals surface area contributed by atoms with Gasteiger partial charge in [0.1, 0.15) is 0 Å². The average Bonchev–Trinajstić information content (AvgIpc) is 2.16. The third-order valence-electron chi connectivity index (χ3n) is 3.33. The van der Waals surface area contributed by atoms with Crippen LogP contribution in [0.3, 0.4) is 0 Å². The smallest absolute Gasteiger partial charge is 0.00103 e. The Bertz CT molecular complexity index is 178. The van der Waals surface area contributed by atoms with Crippen LogP contribution in [0.2, 0.25) is 0 Å². The SMILES string of the molecule is CC(C)CN1CCC[C@@H](CCNC(C)C)C1. The maximum atomic E-state index is 3.53. The Hall–Kier alpha value is -0.0800. The van der Waals surface area contributed by atoms with E-state index < -0.39 is 0 Å². The molecular weight excluding hydrogens is 196 g/mol. The Labute approximate surface area is 102 Å². The van der Waals surface area contributed by atoms with Gasteiger partial charge in [-0.15, -0.1) is 0 Å². The minimum atomic E-state index is 0.635. The maximum absolute atomic E-state index is 3.53. The average molecular weight is 226 g/mol. The zero-order valence-electron chi connectivity index (χ0n) is 11.6. The van der Waals surface area contributed by atoms with Gasteiger partial charge >= 0.3 is 0 Å². The molecule has 0 unspecified atom stereocenters. The van der Waals surface area contributed by atoms with Gasteiger partial charge in [0.05, 0.1) is 0 Å². The fourth-order valence-corrected chi connectivity index (χ4v) is 2.65. The van der Waals surface area contributed by atoms with Crippen molar-refractivity contribution in [2.24, 2.45) is 11.8 Å². The van der Waals surface area contributed by atoms with Gasteiger partial charge < -0.3 is 10.2 Å². The van der Waals surface area contributed by atoms with Crippen LogP contribution in [0.5, 0.6) is 0 Å².